The fourth-order valence-electron chi connectivity index (χ4n) is 2.33. The summed E-state index contributed by atoms with van der Waals surface area (Å²) >= 11 is 0. The Hall–Kier alpha value is -2.17. The summed E-state index contributed by atoms with van der Waals surface area (Å²) in [6, 6.07) is 3.83. The van der Waals surface area contributed by atoms with Crippen LogP contribution in [0.1, 0.15) is 24.4 Å². The van der Waals surface area contributed by atoms with E-state index in [0.29, 0.717) is 5.82 Å². The quantitative estimate of drug-likeness (QED) is 0.854. The predicted molar refractivity (Wildman–Crippen MR) is 69.5 cm³/mol. The van der Waals surface area contributed by atoms with E-state index in [1.807, 2.05) is 19.1 Å². The van der Waals surface area contributed by atoms with E-state index in [9.17, 15) is 4.79 Å². The highest BCUT2D eigenvalue weighted by atomic mass is 16.5. The maximum absolute atomic E-state index is 11.9. The van der Waals surface area contributed by atoms with Crippen molar-refractivity contribution in [1.82, 2.24) is 15.0 Å². The first-order valence-electron chi connectivity index (χ1n) is 6.23. The minimum Gasteiger partial charge on any atom is -0.468 e. The van der Waals surface area contributed by atoms with Gasteiger partial charge in [0.25, 0.3) is 0 Å². The molecule has 0 spiro atoms. The number of esters is 1. The molecule has 3 rings (SSSR count). The molecule has 1 saturated carbocycles. The largest absolute Gasteiger partial charge is 0.468 e. The van der Waals surface area contributed by atoms with Crippen LogP contribution in [0.25, 0.3) is 11.3 Å². The third-order valence-corrected chi connectivity index (χ3v) is 3.60. The first kappa shape index (κ1) is 11.9. The number of pyridine rings is 1. The van der Waals surface area contributed by atoms with Crippen LogP contribution in [-0.4, -0.2) is 28.0 Å². The van der Waals surface area contributed by atoms with Crippen molar-refractivity contribution in [2.24, 2.45) is 0 Å². The van der Waals surface area contributed by atoms with Crippen molar-refractivity contribution in [3.05, 3.63) is 36.0 Å². The van der Waals surface area contributed by atoms with Crippen molar-refractivity contribution in [2.75, 3.05) is 7.11 Å². The van der Waals surface area contributed by atoms with Gasteiger partial charge in [0.15, 0.2) is 0 Å². The average Bonchev–Trinajstić information content (AvgIpc) is 3.17. The van der Waals surface area contributed by atoms with Gasteiger partial charge in [-0.15, -0.1) is 0 Å². The van der Waals surface area contributed by atoms with Gasteiger partial charge in [0, 0.05) is 23.7 Å². The maximum Gasteiger partial charge on any atom is 0.319 e. The molecule has 0 bridgehead atoms. The van der Waals surface area contributed by atoms with Crippen LogP contribution in [0.3, 0.4) is 0 Å². The zero-order chi connectivity index (χ0) is 13.5. The number of aromatic amines is 1. The number of hydrogen-bond donors (Lipinski definition) is 1. The van der Waals surface area contributed by atoms with E-state index >= 15 is 0 Å². The molecule has 0 unspecified atom stereocenters. The summed E-state index contributed by atoms with van der Waals surface area (Å²) in [6.07, 6.45) is 5.08. The molecule has 2 aromatic heterocycles. The van der Waals surface area contributed by atoms with E-state index in [4.69, 9.17) is 4.74 Å². The molecule has 1 aliphatic carbocycles. The number of nitrogens with zero attached hydrogens (tertiary/aromatic N) is 2. The lowest BCUT2D eigenvalue weighted by Crippen LogP contribution is -2.23. The first-order chi connectivity index (χ1) is 9.17. The number of imidazole rings is 1. The Morgan fingerprint density at radius 3 is 2.84 bits per heavy atom. The van der Waals surface area contributed by atoms with E-state index < -0.39 is 5.41 Å². The van der Waals surface area contributed by atoms with Gasteiger partial charge in [-0.25, -0.2) is 4.98 Å². The molecular weight excluding hydrogens is 242 g/mol. The molecule has 0 radical (unpaired) electrons. The second-order valence-electron chi connectivity index (χ2n) is 4.87. The van der Waals surface area contributed by atoms with E-state index in [1.165, 1.54) is 7.11 Å². The molecule has 0 atom stereocenters. The van der Waals surface area contributed by atoms with Crippen molar-refractivity contribution in [1.29, 1.82) is 0 Å². The highest BCUT2D eigenvalue weighted by Crippen LogP contribution is 2.48. The van der Waals surface area contributed by atoms with Crippen molar-refractivity contribution in [3.8, 4) is 11.3 Å². The van der Waals surface area contributed by atoms with Gasteiger partial charge in [0.1, 0.15) is 11.2 Å². The van der Waals surface area contributed by atoms with Crippen molar-refractivity contribution in [2.45, 2.75) is 25.2 Å². The van der Waals surface area contributed by atoms with Crippen LogP contribution in [0.2, 0.25) is 0 Å². The summed E-state index contributed by atoms with van der Waals surface area (Å²) in [6.45, 7) is 1.95. The zero-order valence-electron chi connectivity index (χ0n) is 10.9. The molecule has 1 aliphatic rings. The molecule has 5 heteroatoms. The maximum atomic E-state index is 11.9. The standard InChI is InChI=1S/C14H15N3O2/c1-9-11(10-4-3-7-15-8-10)17-12(16-9)14(5-6-14)13(18)19-2/h3-4,7-8H,5-6H2,1-2H3,(H,16,17). The number of rotatable bonds is 3. The normalized spacial score (nSPS) is 16.1. The lowest BCUT2D eigenvalue weighted by atomic mass is 10.1. The van der Waals surface area contributed by atoms with Crippen molar-refractivity contribution < 1.29 is 9.53 Å². The Kier molecular flexibility index (Phi) is 2.62. The Morgan fingerprint density at radius 2 is 2.26 bits per heavy atom. The van der Waals surface area contributed by atoms with Crippen LogP contribution in [-0.2, 0) is 14.9 Å². The molecule has 0 aliphatic heterocycles. The summed E-state index contributed by atoms with van der Waals surface area (Å²) in [5.41, 5.74) is 2.18. The molecule has 19 heavy (non-hydrogen) atoms. The Labute approximate surface area is 111 Å². The molecular formula is C14H15N3O2. The highest BCUT2D eigenvalue weighted by Gasteiger charge is 2.55. The van der Waals surface area contributed by atoms with Gasteiger partial charge in [-0.3, -0.25) is 9.78 Å². The number of aryl methyl sites for hydroxylation is 1. The minimum atomic E-state index is -0.556. The van der Waals surface area contributed by atoms with Crippen LogP contribution in [0.5, 0.6) is 0 Å². The van der Waals surface area contributed by atoms with Crippen LogP contribution in [0.4, 0.5) is 0 Å². The van der Waals surface area contributed by atoms with E-state index in [-0.39, 0.29) is 5.97 Å². The number of ether oxygens (including phenoxy) is 1. The fourth-order valence-corrected chi connectivity index (χ4v) is 2.33. The number of carbonyl (C=O) groups excluding carboxylic acids is 1. The zero-order valence-corrected chi connectivity index (χ0v) is 10.9. The molecule has 0 amide bonds. The smallest absolute Gasteiger partial charge is 0.319 e. The number of H-pyrrole nitrogens is 1. The number of methoxy groups -OCH3 is 1. The summed E-state index contributed by atoms with van der Waals surface area (Å²) in [5.74, 6) is 0.495. The summed E-state index contributed by atoms with van der Waals surface area (Å²) in [4.78, 5) is 23.8. The van der Waals surface area contributed by atoms with Crippen LogP contribution >= 0.6 is 0 Å². The van der Waals surface area contributed by atoms with Crippen molar-refractivity contribution in [3.63, 3.8) is 0 Å². The van der Waals surface area contributed by atoms with Crippen molar-refractivity contribution >= 4 is 5.97 Å². The SMILES string of the molecule is COC(=O)C1(c2nc(-c3cccnc3)c(C)[nH]2)CC1. The Morgan fingerprint density at radius 1 is 1.47 bits per heavy atom. The van der Waals surface area contributed by atoms with Gasteiger partial charge in [-0.1, -0.05) is 0 Å². The van der Waals surface area contributed by atoms with Gasteiger partial charge in [-0.05, 0) is 31.9 Å². The third kappa shape index (κ3) is 1.82. The second kappa shape index (κ2) is 4.19. The molecule has 0 aromatic carbocycles. The molecule has 2 heterocycles. The second-order valence-corrected chi connectivity index (χ2v) is 4.87. The summed E-state index contributed by atoms with van der Waals surface area (Å²) < 4.78 is 4.88. The highest BCUT2D eigenvalue weighted by molar-refractivity contribution is 5.85. The summed E-state index contributed by atoms with van der Waals surface area (Å²) in [7, 11) is 1.42. The predicted octanol–water partition coefficient (Wildman–Crippen LogP) is 1.98. The topological polar surface area (TPSA) is 67.9 Å². The van der Waals surface area contributed by atoms with Crippen LogP contribution in [0.15, 0.2) is 24.5 Å². The average molecular weight is 257 g/mol. The fraction of sp³-hybridized carbons (Fsp3) is 0.357. The minimum absolute atomic E-state index is 0.209. The van der Waals surface area contributed by atoms with Crippen LogP contribution in [0, 0.1) is 6.92 Å². The number of hydrogen-bond acceptors (Lipinski definition) is 4. The lowest BCUT2D eigenvalue weighted by Gasteiger charge is -2.08. The molecule has 5 nitrogen and oxygen atoms in total. The Bertz CT molecular complexity index is 615. The van der Waals surface area contributed by atoms with Gasteiger partial charge >= 0.3 is 5.97 Å². The van der Waals surface area contributed by atoms with E-state index in [0.717, 1.165) is 29.8 Å². The Balaban J connectivity index is 2.01. The first-order valence-corrected chi connectivity index (χ1v) is 6.23. The molecule has 1 N–H and O–H groups in total. The number of carbonyl (C=O) groups is 1. The molecule has 1 fully saturated rings. The monoisotopic (exact) mass is 257 g/mol. The van der Waals surface area contributed by atoms with Crippen LogP contribution < -0.4 is 0 Å². The lowest BCUT2D eigenvalue weighted by molar-refractivity contribution is -0.143. The third-order valence-electron chi connectivity index (χ3n) is 3.60. The van der Waals surface area contributed by atoms with Gasteiger partial charge in [0.2, 0.25) is 0 Å². The summed E-state index contributed by atoms with van der Waals surface area (Å²) in [5, 5.41) is 0. The van der Waals surface area contributed by atoms with Gasteiger partial charge < -0.3 is 9.72 Å². The molecule has 0 saturated heterocycles. The number of aromatic nitrogens is 3. The number of nitrogens with one attached hydrogen (secondary N) is 1. The molecule has 2 aromatic rings. The molecule has 98 valence electrons. The van der Waals surface area contributed by atoms with Gasteiger partial charge in [-0.2, -0.15) is 0 Å². The van der Waals surface area contributed by atoms with Gasteiger partial charge in [0.05, 0.1) is 12.8 Å². The van der Waals surface area contributed by atoms with E-state index in [2.05, 4.69) is 15.0 Å². The van der Waals surface area contributed by atoms with E-state index in [1.54, 1.807) is 12.4 Å².